The van der Waals surface area contributed by atoms with Crippen LogP contribution >= 0.6 is 0 Å². The Morgan fingerprint density at radius 1 is 0.905 bits per heavy atom. The smallest absolute Gasteiger partial charge is 0.321 e. The molecule has 4 nitrogen and oxygen atoms in total. The fourth-order valence-corrected chi connectivity index (χ4v) is 3.23. The molecule has 2 saturated heterocycles. The highest BCUT2D eigenvalue weighted by Gasteiger charge is 2.18. The van der Waals surface area contributed by atoms with Crippen molar-refractivity contribution in [3.63, 3.8) is 0 Å². The van der Waals surface area contributed by atoms with E-state index in [1.807, 2.05) is 17.0 Å². The van der Waals surface area contributed by atoms with E-state index in [2.05, 4.69) is 22.3 Å². The van der Waals surface area contributed by atoms with Gasteiger partial charge in [0, 0.05) is 37.6 Å². The second-order valence-corrected chi connectivity index (χ2v) is 6.08. The van der Waals surface area contributed by atoms with Gasteiger partial charge in [0.1, 0.15) is 0 Å². The summed E-state index contributed by atoms with van der Waals surface area (Å²) in [6.45, 7) is 4.03. The number of carbonyl (C=O) groups excluding carboxylic acids is 1. The fraction of sp³-hybridized carbons (Fsp3) is 0.588. The topological polar surface area (TPSA) is 35.6 Å². The van der Waals surface area contributed by atoms with Crippen LogP contribution in [0.15, 0.2) is 24.3 Å². The summed E-state index contributed by atoms with van der Waals surface area (Å²) < 4.78 is 0. The molecule has 1 N–H and O–H groups in total. The SMILES string of the molecule is O=C(Nc1cccc(N2CCCCCC2)c1)N1CCCC1. The molecule has 114 valence electrons. The lowest BCUT2D eigenvalue weighted by atomic mass is 10.2. The fourth-order valence-electron chi connectivity index (χ4n) is 3.23. The third-order valence-corrected chi connectivity index (χ3v) is 4.46. The molecule has 0 unspecified atom stereocenters. The van der Waals surface area contributed by atoms with Gasteiger partial charge in [-0.25, -0.2) is 4.79 Å². The van der Waals surface area contributed by atoms with Crippen molar-refractivity contribution in [1.82, 2.24) is 4.90 Å². The lowest BCUT2D eigenvalue weighted by Crippen LogP contribution is -2.32. The standard InChI is InChI=1S/C17H25N3O/c21-17(20-12-5-6-13-20)18-15-8-7-9-16(14-15)19-10-3-1-2-4-11-19/h7-9,14H,1-6,10-13H2,(H,18,21). The maximum absolute atomic E-state index is 12.2. The van der Waals surface area contributed by atoms with Crippen LogP contribution in [0.5, 0.6) is 0 Å². The Labute approximate surface area is 127 Å². The molecule has 2 fully saturated rings. The van der Waals surface area contributed by atoms with E-state index in [4.69, 9.17) is 0 Å². The van der Waals surface area contributed by atoms with Crippen LogP contribution in [-0.4, -0.2) is 37.1 Å². The van der Waals surface area contributed by atoms with Crippen molar-refractivity contribution >= 4 is 17.4 Å². The van der Waals surface area contributed by atoms with Crippen molar-refractivity contribution in [1.29, 1.82) is 0 Å². The first kappa shape index (κ1) is 14.2. The van der Waals surface area contributed by atoms with Gasteiger partial charge in [-0.3, -0.25) is 0 Å². The molecule has 3 rings (SSSR count). The molecule has 0 saturated carbocycles. The summed E-state index contributed by atoms with van der Waals surface area (Å²) >= 11 is 0. The Morgan fingerprint density at radius 3 is 2.29 bits per heavy atom. The third-order valence-electron chi connectivity index (χ3n) is 4.46. The van der Waals surface area contributed by atoms with Crippen LogP contribution in [-0.2, 0) is 0 Å². The van der Waals surface area contributed by atoms with Gasteiger partial charge in [0.15, 0.2) is 0 Å². The number of hydrogen-bond donors (Lipinski definition) is 1. The summed E-state index contributed by atoms with van der Waals surface area (Å²) in [4.78, 5) is 16.5. The zero-order chi connectivity index (χ0) is 14.5. The molecule has 4 heteroatoms. The number of rotatable bonds is 2. The van der Waals surface area contributed by atoms with Gasteiger partial charge in [-0.05, 0) is 43.9 Å². The molecule has 0 spiro atoms. The molecule has 21 heavy (non-hydrogen) atoms. The predicted octanol–water partition coefficient (Wildman–Crippen LogP) is 3.69. The monoisotopic (exact) mass is 287 g/mol. The largest absolute Gasteiger partial charge is 0.371 e. The molecule has 0 aromatic heterocycles. The number of nitrogens with zero attached hydrogens (tertiary/aromatic N) is 2. The predicted molar refractivity (Wildman–Crippen MR) is 86.9 cm³/mol. The summed E-state index contributed by atoms with van der Waals surface area (Å²) in [5, 5.41) is 3.04. The van der Waals surface area contributed by atoms with E-state index in [-0.39, 0.29) is 6.03 Å². The zero-order valence-electron chi connectivity index (χ0n) is 12.7. The molecule has 2 aliphatic rings. The van der Waals surface area contributed by atoms with E-state index in [0.717, 1.165) is 44.7 Å². The molecule has 0 radical (unpaired) electrons. The van der Waals surface area contributed by atoms with Crippen LogP contribution in [0.3, 0.4) is 0 Å². The number of nitrogens with one attached hydrogen (secondary N) is 1. The second-order valence-electron chi connectivity index (χ2n) is 6.08. The van der Waals surface area contributed by atoms with Crippen molar-refractivity contribution in [2.45, 2.75) is 38.5 Å². The van der Waals surface area contributed by atoms with E-state index >= 15 is 0 Å². The molecule has 0 bridgehead atoms. The average molecular weight is 287 g/mol. The third kappa shape index (κ3) is 3.69. The van der Waals surface area contributed by atoms with Crippen molar-refractivity contribution in [2.24, 2.45) is 0 Å². The first-order chi connectivity index (χ1) is 10.3. The summed E-state index contributed by atoms with van der Waals surface area (Å²) in [7, 11) is 0. The number of benzene rings is 1. The lowest BCUT2D eigenvalue weighted by Gasteiger charge is -2.23. The molecular weight excluding hydrogens is 262 g/mol. The molecule has 0 aliphatic carbocycles. The summed E-state index contributed by atoms with van der Waals surface area (Å²) in [5.74, 6) is 0. The minimum Gasteiger partial charge on any atom is -0.371 e. The lowest BCUT2D eigenvalue weighted by molar-refractivity contribution is 0.222. The quantitative estimate of drug-likeness (QED) is 0.900. The first-order valence-corrected chi connectivity index (χ1v) is 8.24. The molecule has 1 aromatic carbocycles. The highest BCUT2D eigenvalue weighted by atomic mass is 16.2. The minimum absolute atomic E-state index is 0.0421. The van der Waals surface area contributed by atoms with Gasteiger partial charge in [-0.1, -0.05) is 18.9 Å². The van der Waals surface area contributed by atoms with Crippen molar-refractivity contribution < 1.29 is 4.79 Å². The molecular formula is C17H25N3O. The Morgan fingerprint density at radius 2 is 1.57 bits per heavy atom. The van der Waals surface area contributed by atoms with E-state index in [0.29, 0.717) is 0 Å². The van der Waals surface area contributed by atoms with Gasteiger partial charge in [0.25, 0.3) is 0 Å². The molecule has 0 atom stereocenters. The Kier molecular flexibility index (Phi) is 4.63. The number of urea groups is 1. The maximum atomic E-state index is 12.2. The second kappa shape index (κ2) is 6.83. The van der Waals surface area contributed by atoms with Crippen LogP contribution in [0.25, 0.3) is 0 Å². The first-order valence-electron chi connectivity index (χ1n) is 8.24. The van der Waals surface area contributed by atoms with Crippen molar-refractivity contribution in [3.8, 4) is 0 Å². The van der Waals surface area contributed by atoms with Crippen molar-refractivity contribution in [3.05, 3.63) is 24.3 Å². The van der Waals surface area contributed by atoms with Crippen LogP contribution in [0.1, 0.15) is 38.5 Å². The van der Waals surface area contributed by atoms with E-state index in [1.165, 1.54) is 31.4 Å². The highest BCUT2D eigenvalue weighted by Crippen LogP contribution is 2.23. The molecule has 2 amide bonds. The number of amides is 2. The average Bonchev–Trinajstić information content (AvgIpc) is 2.90. The Bertz CT molecular complexity index is 475. The van der Waals surface area contributed by atoms with Gasteiger partial charge in [0.05, 0.1) is 0 Å². The summed E-state index contributed by atoms with van der Waals surface area (Å²) in [6, 6.07) is 8.33. The normalized spacial score (nSPS) is 19.4. The van der Waals surface area contributed by atoms with Gasteiger partial charge in [0.2, 0.25) is 0 Å². The number of carbonyl (C=O) groups is 1. The highest BCUT2D eigenvalue weighted by molar-refractivity contribution is 5.90. The van der Waals surface area contributed by atoms with Gasteiger partial charge in [-0.15, -0.1) is 0 Å². The van der Waals surface area contributed by atoms with Crippen molar-refractivity contribution in [2.75, 3.05) is 36.4 Å². The maximum Gasteiger partial charge on any atom is 0.321 e. The summed E-state index contributed by atoms with van der Waals surface area (Å²) in [6.07, 6.45) is 7.46. The number of likely N-dealkylation sites (tertiary alicyclic amines) is 1. The van der Waals surface area contributed by atoms with E-state index in [9.17, 15) is 4.79 Å². The molecule has 1 aromatic rings. The summed E-state index contributed by atoms with van der Waals surface area (Å²) in [5.41, 5.74) is 2.14. The molecule has 2 heterocycles. The van der Waals surface area contributed by atoms with Crippen LogP contribution in [0.4, 0.5) is 16.2 Å². The van der Waals surface area contributed by atoms with Crippen LogP contribution in [0.2, 0.25) is 0 Å². The van der Waals surface area contributed by atoms with Crippen LogP contribution < -0.4 is 10.2 Å². The zero-order valence-corrected chi connectivity index (χ0v) is 12.7. The van der Waals surface area contributed by atoms with E-state index in [1.54, 1.807) is 0 Å². The number of anilines is 2. The van der Waals surface area contributed by atoms with Gasteiger partial charge in [-0.2, -0.15) is 0 Å². The minimum atomic E-state index is 0.0421. The molecule has 2 aliphatic heterocycles. The Hall–Kier alpha value is -1.71. The van der Waals surface area contributed by atoms with Gasteiger partial charge < -0.3 is 15.1 Å². The van der Waals surface area contributed by atoms with Gasteiger partial charge >= 0.3 is 6.03 Å². The Balaban J connectivity index is 1.65. The number of hydrogen-bond acceptors (Lipinski definition) is 2. The van der Waals surface area contributed by atoms with E-state index < -0.39 is 0 Å². The van der Waals surface area contributed by atoms with Crippen LogP contribution in [0, 0.1) is 0 Å².